The van der Waals surface area contributed by atoms with Crippen LogP contribution < -0.4 is 0 Å². The van der Waals surface area contributed by atoms with Crippen molar-refractivity contribution in [3.8, 4) is 16.8 Å². The maximum atomic E-state index is 5.09. The molecule has 0 saturated heterocycles. The van der Waals surface area contributed by atoms with Crippen molar-refractivity contribution in [2.24, 2.45) is 0 Å². The lowest BCUT2D eigenvalue weighted by Crippen LogP contribution is -1.93. The predicted octanol–water partition coefficient (Wildman–Crippen LogP) is 8.25. The smallest absolute Gasteiger partial charge is 0.146 e. The molecule has 5 aromatic heterocycles. The average molecular weight is 524 g/mol. The van der Waals surface area contributed by atoms with Crippen molar-refractivity contribution < 1.29 is 0 Å². The highest BCUT2D eigenvalue weighted by Gasteiger charge is 2.26. The van der Waals surface area contributed by atoms with Crippen LogP contribution in [-0.2, 0) is 6.42 Å². The van der Waals surface area contributed by atoms with Crippen LogP contribution >= 0.6 is 0 Å². The van der Waals surface area contributed by atoms with E-state index in [-0.39, 0.29) is 0 Å². The van der Waals surface area contributed by atoms with E-state index in [0.717, 1.165) is 34.0 Å². The topological polar surface area (TPSA) is 48.0 Å². The van der Waals surface area contributed by atoms with Crippen molar-refractivity contribution in [1.82, 2.24) is 23.9 Å². The number of imidazole rings is 1. The number of benzene rings is 4. The average Bonchev–Trinajstić information content (AvgIpc) is 3.70. The van der Waals surface area contributed by atoms with E-state index in [1.165, 1.54) is 60.5 Å². The normalized spacial score (nSPS) is 12.8. The molecule has 10 rings (SSSR count). The lowest BCUT2D eigenvalue weighted by atomic mass is 9.98. The second-order valence-corrected chi connectivity index (χ2v) is 10.9. The van der Waals surface area contributed by atoms with Crippen molar-refractivity contribution in [2.45, 2.75) is 6.42 Å². The minimum atomic E-state index is 0.892. The molecule has 4 aromatic carbocycles. The standard InChI is InChI=1S/C36H21N5/c1-2-6-22(7-3-1)40-31-9-5-4-8-25(31)35-28-16-21-17-29-27(18-26(21)23(28)10-11-32(35)40)24-12-14-37-19-33(24)41-34-20-38-15-13-30(34)39-36(29)41/h1-15,17-20H,16H2. The molecule has 0 N–H and O–H groups in total. The lowest BCUT2D eigenvalue weighted by Gasteiger charge is -2.11. The van der Waals surface area contributed by atoms with Gasteiger partial charge in [-0.05, 0) is 82.6 Å². The van der Waals surface area contributed by atoms with E-state index >= 15 is 0 Å². The summed E-state index contributed by atoms with van der Waals surface area (Å²) >= 11 is 0. The van der Waals surface area contributed by atoms with Gasteiger partial charge in [-0.2, -0.15) is 0 Å². The van der Waals surface area contributed by atoms with E-state index < -0.39 is 0 Å². The summed E-state index contributed by atoms with van der Waals surface area (Å²) in [6, 6.07) is 33.0. The van der Waals surface area contributed by atoms with Crippen molar-refractivity contribution in [3.05, 3.63) is 127 Å². The van der Waals surface area contributed by atoms with Crippen LogP contribution in [0, 0.1) is 0 Å². The first kappa shape index (κ1) is 21.3. The maximum absolute atomic E-state index is 5.09. The summed E-state index contributed by atoms with van der Waals surface area (Å²) in [5, 5.41) is 6.18. The molecule has 5 nitrogen and oxygen atoms in total. The fourth-order valence-electron chi connectivity index (χ4n) is 7.20. The molecule has 41 heavy (non-hydrogen) atoms. The molecule has 0 saturated carbocycles. The number of nitrogens with zero attached hydrogens (tertiary/aromatic N) is 5. The Morgan fingerprint density at radius 1 is 0.585 bits per heavy atom. The van der Waals surface area contributed by atoms with Crippen LogP contribution in [0.4, 0.5) is 0 Å². The summed E-state index contributed by atoms with van der Waals surface area (Å²) in [5.74, 6) is 0. The molecule has 5 heterocycles. The third-order valence-electron chi connectivity index (χ3n) is 8.89. The first-order chi connectivity index (χ1) is 20.3. The lowest BCUT2D eigenvalue weighted by molar-refractivity contribution is 1.18. The van der Waals surface area contributed by atoms with Gasteiger partial charge >= 0.3 is 0 Å². The van der Waals surface area contributed by atoms with Crippen LogP contribution in [0.5, 0.6) is 0 Å². The SMILES string of the molecule is c1ccc(-n2c3ccccc3c3c4c(ccc32)-c2cc3c5ccncc5n5c6cnccc6nc5c3cc2C4)cc1. The molecule has 0 bridgehead atoms. The largest absolute Gasteiger partial charge is 0.309 e. The fraction of sp³-hybridized carbons (Fsp3) is 0.0278. The highest BCUT2D eigenvalue weighted by Crippen LogP contribution is 2.46. The number of aromatic nitrogens is 5. The summed E-state index contributed by atoms with van der Waals surface area (Å²) < 4.78 is 4.62. The van der Waals surface area contributed by atoms with Gasteiger partial charge in [0, 0.05) is 39.6 Å². The zero-order valence-electron chi connectivity index (χ0n) is 21.9. The van der Waals surface area contributed by atoms with Crippen molar-refractivity contribution in [1.29, 1.82) is 0 Å². The van der Waals surface area contributed by atoms with Crippen LogP contribution in [0.3, 0.4) is 0 Å². The number of pyridine rings is 3. The second-order valence-electron chi connectivity index (χ2n) is 10.9. The van der Waals surface area contributed by atoms with Crippen LogP contribution in [0.2, 0.25) is 0 Å². The summed E-state index contributed by atoms with van der Waals surface area (Å²) in [7, 11) is 0. The van der Waals surface area contributed by atoms with Crippen LogP contribution in [0.15, 0.2) is 116 Å². The Morgan fingerprint density at radius 3 is 2.34 bits per heavy atom. The number of para-hydroxylation sites is 2. The summed E-state index contributed by atoms with van der Waals surface area (Å²) in [5.41, 5.74) is 13.0. The third kappa shape index (κ3) is 2.68. The quantitative estimate of drug-likeness (QED) is 0.204. The molecule has 0 aliphatic heterocycles. The second kappa shape index (κ2) is 7.55. The number of rotatable bonds is 1. The highest BCUT2D eigenvalue weighted by atomic mass is 15.0. The van der Waals surface area contributed by atoms with E-state index in [2.05, 4.69) is 104 Å². The van der Waals surface area contributed by atoms with E-state index in [1.54, 1.807) is 0 Å². The Bertz CT molecular complexity index is 2550. The van der Waals surface area contributed by atoms with Crippen LogP contribution in [0.25, 0.3) is 77.0 Å². The van der Waals surface area contributed by atoms with Crippen LogP contribution in [-0.4, -0.2) is 23.9 Å². The first-order valence-corrected chi connectivity index (χ1v) is 13.9. The van der Waals surface area contributed by atoms with Crippen molar-refractivity contribution in [3.63, 3.8) is 0 Å². The molecule has 0 amide bonds. The molecule has 0 radical (unpaired) electrons. The molecule has 0 spiro atoms. The van der Waals surface area contributed by atoms with E-state index in [1.807, 2.05) is 30.9 Å². The molecule has 5 heteroatoms. The van der Waals surface area contributed by atoms with E-state index in [4.69, 9.17) is 4.98 Å². The Morgan fingerprint density at radius 2 is 1.41 bits per heavy atom. The van der Waals surface area contributed by atoms with Gasteiger partial charge < -0.3 is 4.57 Å². The number of hydrogen-bond donors (Lipinski definition) is 0. The predicted molar refractivity (Wildman–Crippen MR) is 166 cm³/mol. The summed E-state index contributed by atoms with van der Waals surface area (Å²) in [6.45, 7) is 0. The van der Waals surface area contributed by atoms with Gasteiger partial charge in [0.15, 0.2) is 0 Å². The number of fused-ring (bicyclic) bond motifs is 15. The molecule has 190 valence electrons. The minimum Gasteiger partial charge on any atom is -0.309 e. The zero-order chi connectivity index (χ0) is 26.7. The van der Waals surface area contributed by atoms with Crippen molar-refractivity contribution >= 4 is 60.2 Å². The number of hydrogen-bond acceptors (Lipinski definition) is 3. The Kier molecular flexibility index (Phi) is 3.92. The van der Waals surface area contributed by atoms with Gasteiger partial charge in [-0.25, -0.2) is 4.98 Å². The monoisotopic (exact) mass is 523 g/mol. The molecular weight excluding hydrogens is 502 g/mol. The van der Waals surface area contributed by atoms with Gasteiger partial charge in [-0.15, -0.1) is 0 Å². The van der Waals surface area contributed by atoms with Gasteiger partial charge in [0.05, 0.1) is 40.0 Å². The highest BCUT2D eigenvalue weighted by molar-refractivity contribution is 6.17. The molecule has 1 aliphatic rings. The van der Waals surface area contributed by atoms with Gasteiger partial charge in [0.25, 0.3) is 0 Å². The molecule has 0 atom stereocenters. The maximum Gasteiger partial charge on any atom is 0.146 e. The molecule has 9 aromatic rings. The van der Waals surface area contributed by atoms with E-state index in [9.17, 15) is 0 Å². The van der Waals surface area contributed by atoms with Gasteiger partial charge in [0.1, 0.15) is 5.65 Å². The fourth-order valence-corrected chi connectivity index (χ4v) is 7.20. The van der Waals surface area contributed by atoms with Gasteiger partial charge in [-0.1, -0.05) is 42.5 Å². The minimum absolute atomic E-state index is 0.892. The Balaban J connectivity index is 1.31. The molecule has 0 unspecified atom stereocenters. The van der Waals surface area contributed by atoms with Crippen molar-refractivity contribution in [2.75, 3.05) is 0 Å². The molecule has 0 fully saturated rings. The van der Waals surface area contributed by atoms with Gasteiger partial charge in [-0.3, -0.25) is 14.4 Å². The Labute approximate surface area is 234 Å². The Hall–Kier alpha value is -5.55. The van der Waals surface area contributed by atoms with Gasteiger partial charge in [0.2, 0.25) is 0 Å². The molecular formula is C36H21N5. The zero-order valence-corrected chi connectivity index (χ0v) is 21.9. The first-order valence-electron chi connectivity index (χ1n) is 13.9. The molecule has 1 aliphatic carbocycles. The summed E-state index contributed by atoms with van der Waals surface area (Å²) in [6.07, 6.45) is 8.43. The third-order valence-corrected chi connectivity index (χ3v) is 8.89. The van der Waals surface area contributed by atoms with Crippen LogP contribution in [0.1, 0.15) is 11.1 Å². The van der Waals surface area contributed by atoms with E-state index in [0.29, 0.717) is 0 Å². The summed E-state index contributed by atoms with van der Waals surface area (Å²) in [4.78, 5) is 14.0.